The van der Waals surface area contributed by atoms with Gasteiger partial charge in [-0.05, 0) is 29.8 Å². The summed E-state index contributed by atoms with van der Waals surface area (Å²) in [7, 11) is 0. The fourth-order valence-electron chi connectivity index (χ4n) is 1.91. The zero-order valence-corrected chi connectivity index (χ0v) is 10.2. The maximum Gasteiger partial charge on any atom is 0.295 e. The van der Waals surface area contributed by atoms with Crippen LogP contribution in [-0.4, -0.2) is 26.7 Å². The molecule has 0 saturated heterocycles. The molecule has 1 atom stereocenters. The number of H-pyrrole nitrogens is 1. The second kappa shape index (κ2) is 5.07. The molecule has 0 radical (unpaired) electrons. The van der Waals surface area contributed by atoms with Crippen LogP contribution in [0.1, 0.15) is 11.7 Å². The fourth-order valence-corrected chi connectivity index (χ4v) is 1.91. The lowest BCUT2D eigenvalue weighted by atomic mass is 10.1. The maximum atomic E-state index is 9.43. The van der Waals surface area contributed by atoms with Crippen molar-refractivity contribution in [3.63, 3.8) is 0 Å². The van der Waals surface area contributed by atoms with Gasteiger partial charge in [0, 0.05) is 12.4 Å². The van der Waals surface area contributed by atoms with Gasteiger partial charge in [-0.1, -0.05) is 12.1 Å². The fraction of sp³-hybridized carbons (Fsp3) is 0.143. The zero-order chi connectivity index (χ0) is 13.1. The van der Waals surface area contributed by atoms with Gasteiger partial charge in [0.25, 0.3) is 6.01 Å². The number of aromatic nitrogens is 3. The van der Waals surface area contributed by atoms with Gasteiger partial charge in [-0.2, -0.15) is 4.98 Å². The monoisotopic (exact) mass is 255 g/mol. The molecular formula is C14H13N3O2. The zero-order valence-electron chi connectivity index (χ0n) is 10.2. The number of benzene rings is 1. The highest BCUT2D eigenvalue weighted by Gasteiger charge is 2.14. The quantitative estimate of drug-likeness (QED) is 0.748. The van der Waals surface area contributed by atoms with Crippen molar-refractivity contribution in [2.24, 2.45) is 0 Å². The second-order valence-electron chi connectivity index (χ2n) is 4.13. The molecule has 0 amide bonds. The number of imidazole rings is 1. The molecule has 0 aliphatic rings. The van der Waals surface area contributed by atoms with Crippen LogP contribution in [0.5, 0.6) is 6.01 Å². The van der Waals surface area contributed by atoms with E-state index >= 15 is 0 Å². The lowest BCUT2D eigenvalue weighted by Gasteiger charge is -2.14. The number of aromatic amines is 1. The number of hydrogen-bond acceptors (Lipinski definition) is 4. The summed E-state index contributed by atoms with van der Waals surface area (Å²) in [6.45, 7) is -0.124. The first-order valence-corrected chi connectivity index (χ1v) is 5.99. The Labute approximate surface area is 109 Å². The van der Waals surface area contributed by atoms with Gasteiger partial charge in [0.05, 0.1) is 17.6 Å². The summed E-state index contributed by atoms with van der Waals surface area (Å²) >= 11 is 0. The maximum absolute atomic E-state index is 9.43. The van der Waals surface area contributed by atoms with Crippen molar-refractivity contribution >= 4 is 11.0 Å². The van der Waals surface area contributed by atoms with E-state index in [1.165, 1.54) is 0 Å². The smallest absolute Gasteiger partial charge is 0.295 e. The third-order valence-electron chi connectivity index (χ3n) is 2.87. The normalized spacial score (nSPS) is 12.5. The Hall–Kier alpha value is -2.40. The van der Waals surface area contributed by atoms with Crippen LogP contribution in [0.15, 0.2) is 48.8 Å². The van der Waals surface area contributed by atoms with E-state index in [-0.39, 0.29) is 6.61 Å². The minimum Gasteiger partial charge on any atom is -0.454 e. The molecule has 0 fully saturated rings. The van der Waals surface area contributed by atoms with Gasteiger partial charge in [-0.15, -0.1) is 0 Å². The van der Waals surface area contributed by atoms with Crippen LogP contribution in [0, 0.1) is 0 Å². The lowest BCUT2D eigenvalue weighted by Crippen LogP contribution is -2.12. The Kier molecular flexibility index (Phi) is 3.12. The number of nitrogens with one attached hydrogen (secondary N) is 1. The number of para-hydroxylation sites is 2. The number of aliphatic hydroxyl groups excluding tert-OH is 1. The minimum absolute atomic E-state index is 0.124. The Morgan fingerprint density at radius 3 is 2.68 bits per heavy atom. The highest BCUT2D eigenvalue weighted by atomic mass is 16.5. The molecule has 5 heteroatoms. The summed E-state index contributed by atoms with van der Waals surface area (Å²) in [6.07, 6.45) is 2.88. The average Bonchev–Trinajstić information content (AvgIpc) is 2.88. The molecule has 2 aromatic heterocycles. The van der Waals surface area contributed by atoms with E-state index in [1.807, 2.05) is 36.4 Å². The summed E-state index contributed by atoms with van der Waals surface area (Å²) in [6, 6.07) is 11.7. The first kappa shape index (κ1) is 11.7. The molecule has 0 saturated carbocycles. The molecule has 2 heterocycles. The van der Waals surface area contributed by atoms with Gasteiger partial charge in [0.2, 0.25) is 0 Å². The molecule has 0 spiro atoms. The van der Waals surface area contributed by atoms with Gasteiger partial charge >= 0.3 is 0 Å². The summed E-state index contributed by atoms with van der Waals surface area (Å²) < 4.78 is 5.69. The average molecular weight is 255 g/mol. The SMILES string of the molecule is OCC(Oc1nc2ccccc2[nH]1)c1ccncc1. The summed E-state index contributed by atoms with van der Waals surface area (Å²) in [5.74, 6) is 0. The first-order chi connectivity index (χ1) is 9.36. The van der Waals surface area contributed by atoms with Crippen LogP contribution in [0.25, 0.3) is 11.0 Å². The Morgan fingerprint density at radius 1 is 1.16 bits per heavy atom. The standard InChI is InChI=1S/C14H13N3O2/c18-9-13(10-5-7-15-8-6-10)19-14-16-11-3-1-2-4-12(11)17-14/h1-8,13,18H,9H2,(H,16,17). The summed E-state index contributed by atoms with van der Waals surface area (Å²) in [5, 5.41) is 9.43. The Bertz CT molecular complexity index is 634. The molecule has 5 nitrogen and oxygen atoms in total. The number of hydrogen-bond donors (Lipinski definition) is 2. The van der Waals surface area contributed by atoms with E-state index < -0.39 is 6.10 Å². The lowest BCUT2D eigenvalue weighted by molar-refractivity contribution is 0.108. The predicted octanol–water partition coefficient (Wildman–Crippen LogP) is 2.07. The van der Waals surface area contributed by atoms with Crippen molar-refractivity contribution in [3.05, 3.63) is 54.4 Å². The molecule has 0 aliphatic carbocycles. The van der Waals surface area contributed by atoms with E-state index in [9.17, 15) is 5.11 Å². The Morgan fingerprint density at radius 2 is 1.95 bits per heavy atom. The van der Waals surface area contributed by atoms with Crippen LogP contribution >= 0.6 is 0 Å². The molecule has 1 aromatic carbocycles. The molecule has 0 bridgehead atoms. The number of pyridine rings is 1. The van der Waals surface area contributed by atoms with Crippen molar-refractivity contribution in [3.8, 4) is 6.01 Å². The van der Waals surface area contributed by atoms with Gasteiger partial charge in [0.1, 0.15) is 0 Å². The van der Waals surface area contributed by atoms with Gasteiger partial charge in [-0.25, -0.2) is 0 Å². The molecule has 19 heavy (non-hydrogen) atoms. The van der Waals surface area contributed by atoms with E-state index in [4.69, 9.17) is 4.74 Å². The topological polar surface area (TPSA) is 71.0 Å². The number of ether oxygens (including phenoxy) is 1. The van der Waals surface area contributed by atoms with Crippen LogP contribution in [-0.2, 0) is 0 Å². The van der Waals surface area contributed by atoms with Crippen molar-refractivity contribution in [2.75, 3.05) is 6.61 Å². The highest BCUT2D eigenvalue weighted by molar-refractivity contribution is 5.75. The highest BCUT2D eigenvalue weighted by Crippen LogP contribution is 2.21. The van der Waals surface area contributed by atoms with Gasteiger partial charge < -0.3 is 14.8 Å². The van der Waals surface area contributed by atoms with Crippen LogP contribution in [0.2, 0.25) is 0 Å². The van der Waals surface area contributed by atoms with Crippen LogP contribution in [0.3, 0.4) is 0 Å². The van der Waals surface area contributed by atoms with E-state index in [0.717, 1.165) is 16.6 Å². The van der Waals surface area contributed by atoms with Crippen molar-refractivity contribution in [1.29, 1.82) is 0 Å². The largest absolute Gasteiger partial charge is 0.454 e. The van der Waals surface area contributed by atoms with Crippen LogP contribution < -0.4 is 4.74 Å². The summed E-state index contributed by atoms with van der Waals surface area (Å²) in [5.41, 5.74) is 2.60. The van der Waals surface area contributed by atoms with E-state index in [0.29, 0.717) is 6.01 Å². The molecule has 0 aliphatic heterocycles. The third-order valence-corrected chi connectivity index (χ3v) is 2.87. The molecule has 2 N–H and O–H groups in total. The number of fused-ring (bicyclic) bond motifs is 1. The molecule has 3 rings (SSSR count). The first-order valence-electron chi connectivity index (χ1n) is 5.99. The van der Waals surface area contributed by atoms with E-state index in [2.05, 4.69) is 15.0 Å². The number of aliphatic hydroxyl groups is 1. The number of rotatable bonds is 4. The third kappa shape index (κ3) is 2.41. The molecular weight excluding hydrogens is 242 g/mol. The van der Waals surface area contributed by atoms with Gasteiger partial charge in [-0.3, -0.25) is 4.98 Å². The second-order valence-corrected chi connectivity index (χ2v) is 4.13. The minimum atomic E-state index is -0.455. The summed E-state index contributed by atoms with van der Waals surface area (Å²) in [4.78, 5) is 11.3. The molecule has 1 unspecified atom stereocenters. The molecule has 96 valence electrons. The van der Waals surface area contributed by atoms with Crippen molar-refractivity contribution in [2.45, 2.75) is 6.10 Å². The Balaban J connectivity index is 1.86. The van der Waals surface area contributed by atoms with Crippen LogP contribution in [0.4, 0.5) is 0 Å². The predicted molar refractivity (Wildman–Crippen MR) is 70.8 cm³/mol. The van der Waals surface area contributed by atoms with Crippen molar-refractivity contribution in [1.82, 2.24) is 15.0 Å². The number of nitrogens with zero attached hydrogens (tertiary/aromatic N) is 2. The molecule has 3 aromatic rings. The van der Waals surface area contributed by atoms with Gasteiger partial charge in [0.15, 0.2) is 6.10 Å². The van der Waals surface area contributed by atoms with E-state index in [1.54, 1.807) is 12.4 Å². The van der Waals surface area contributed by atoms with Crippen molar-refractivity contribution < 1.29 is 9.84 Å².